The maximum absolute atomic E-state index is 6.04. The van der Waals surface area contributed by atoms with Crippen LogP contribution < -0.4 is 11.5 Å². The van der Waals surface area contributed by atoms with Crippen LogP contribution in [-0.2, 0) is 0 Å². The summed E-state index contributed by atoms with van der Waals surface area (Å²) in [5, 5.41) is 0. The van der Waals surface area contributed by atoms with Crippen LogP contribution in [0.15, 0.2) is 46.8 Å². The molecule has 0 heterocycles. The van der Waals surface area contributed by atoms with E-state index in [0.29, 0.717) is 0 Å². The van der Waals surface area contributed by atoms with E-state index in [1.165, 1.54) is 11.1 Å². The van der Waals surface area contributed by atoms with Crippen molar-refractivity contribution in [2.75, 3.05) is 0 Å². The number of hydrogen-bond donors (Lipinski definition) is 2. The highest BCUT2D eigenvalue weighted by Gasteiger charge is 2.31. The third-order valence-corrected chi connectivity index (χ3v) is 4.17. The van der Waals surface area contributed by atoms with E-state index in [2.05, 4.69) is 39.8 Å². The van der Waals surface area contributed by atoms with Gasteiger partial charge in [0, 0.05) is 22.2 Å². The van der Waals surface area contributed by atoms with E-state index in [9.17, 15) is 0 Å². The summed E-state index contributed by atoms with van der Waals surface area (Å²) in [5.74, 6) is 0. The molecule has 98 valence electrons. The molecule has 2 aliphatic rings. The molecule has 0 amide bonds. The van der Waals surface area contributed by atoms with Gasteiger partial charge in [0.1, 0.15) is 0 Å². The first-order chi connectivity index (χ1) is 8.22. The summed E-state index contributed by atoms with van der Waals surface area (Å²) in [6.07, 6.45) is 10.4. The second-order valence-electron chi connectivity index (χ2n) is 6.75. The minimum absolute atomic E-state index is 0.0573. The lowest BCUT2D eigenvalue weighted by atomic mass is 9.72. The monoisotopic (exact) mass is 244 g/mol. The van der Waals surface area contributed by atoms with Crippen LogP contribution in [0.25, 0.3) is 0 Å². The summed E-state index contributed by atoms with van der Waals surface area (Å²) >= 11 is 0. The molecule has 0 aromatic carbocycles. The molecular weight excluding hydrogens is 220 g/mol. The van der Waals surface area contributed by atoms with E-state index < -0.39 is 0 Å². The Bertz CT molecular complexity index is 439. The molecule has 4 N–H and O–H groups in total. The third-order valence-electron chi connectivity index (χ3n) is 4.17. The molecule has 0 bridgehead atoms. The minimum Gasteiger partial charge on any atom is -0.402 e. The Balaban J connectivity index is 2.31. The fourth-order valence-corrected chi connectivity index (χ4v) is 2.55. The van der Waals surface area contributed by atoms with Crippen molar-refractivity contribution in [2.24, 2.45) is 22.3 Å². The summed E-state index contributed by atoms with van der Waals surface area (Å²) in [5.41, 5.74) is 16.9. The zero-order chi connectivity index (χ0) is 13.6. The van der Waals surface area contributed by atoms with Gasteiger partial charge in [-0.05, 0) is 36.1 Å². The van der Waals surface area contributed by atoms with E-state index in [4.69, 9.17) is 11.5 Å². The van der Waals surface area contributed by atoms with Crippen LogP contribution in [0.3, 0.4) is 0 Å². The molecule has 2 nitrogen and oxygen atoms in total. The third kappa shape index (κ3) is 2.24. The summed E-state index contributed by atoms with van der Waals surface area (Å²) in [6, 6.07) is 0. The van der Waals surface area contributed by atoms with Gasteiger partial charge in [-0.1, -0.05) is 39.8 Å². The summed E-state index contributed by atoms with van der Waals surface area (Å²) in [4.78, 5) is 0. The van der Waals surface area contributed by atoms with Gasteiger partial charge in [0.05, 0.1) is 0 Å². The first kappa shape index (κ1) is 13.0. The summed E-state index contributed by atoms with van der Waals surface area (Å²) in [7, 11) is 0. The van der Waals surface area contributed by atoms with Crippen LogP contribution in [0.4, 0.5) is 0 Å². The highest BCUT2D eigenvalue weighted by molar-refractivity contribution is 5.45. The predicted octanol–water partition coefficient (Wildman–Crippen LogP) is 3.38. The van der Waals surface area contributed by atoms with Gasteiger partial charge in [0.25, 0.3) is 0 Å². The van der Waals surface area contributed by atoms with Crippen molar-refractivity contribution < 1.29 is 0 Å². The average Bonchev–Trinajstić information content (AvgIpc) is 2.26. The second kappa shape index (κ2) is 4.04. The summed E-state index contributed by atoms with van der Waals surface area (Å²) in [6.45, 7) is 8.80. The van der Waals surface area contributed by atoms with Gasteiger partial charge in [-0.2, -0.15) is 0 Å². The molecule has 2 aliphatic carbocycles. The van der Waals surface area contributed by atoms with E-state index in [0.717, 1.165) is 24.2 Å². The molecule has 0 radical (unpaired) electrons. The van der Waals surface area contributed by atoms with Crippen molar-refractivity contribution in [3.63, 3.8) is 0 Å². The molecule has 0 saturated carbocycles. The van der Waals surface area contributed by atoms with E-state index in [1.807, 2.05) is 12.2 Å². The van der Waals surface area contributed by atoms with E-state index in [1.54, 1.807) is 0 Å². The second-order valence-corrected chi connectivity index (χ2v) is 6.75. The van der Waals surface area contributed by atoms with Crippen LogP contribution in [0.2, 0.25) is 0 Å². The molecule has 0 saturated heterocycles. The fourth-order valence-electron chi connectivity index (χ4n) is 2.55. The van der Waals surface area contributed by atoms with Crippen molar-refractivity contribution >= 4 is 0 Å². The molecule has 0 spiro atoms. The van der Waals surface area contributed by atoms with Crippen LogP contribution in [0.1, 0.15) is 40.5 Å². The lowest BCUT2D eigenvalue weighted by Gasteiger charge is -2.35. The lowest BCUT2D eigenvalue weighted by molar-refractivity contribution is 0.409. The van der Waals surface area contributed by atoms with E-state index in [-0.39, 0.29) is 10.8 Å². The standard InChI is InChI=1S/C16H24N2/c1-15(2)9-11(5-7-13(15)17)12-6-8-14(18)16(3,4)10-12/h5-8H,9-10,17-18H2,1-4H3. The van der Waals surface area contributed by atoms with Crippen LogP contribution in [-0.4, -0.2) is 0 Å². The smallest absolute Gasteiger partial charge is 0.0141 e. The largest absolute Gasteiger partial charge is 0.402 e. The van der Waals surface area contributed by atoms with Crippen molar-refractivity contribution in [1.82, 2.24) is 0 Å². The van der Waals surface area contributed by atoms with Crippen LogP contribution in [0, 0.1) is 10.8 Å². The maximum atomic E-state index is 6.04. The summed E-state index contributed by atoms with van der Waals surface area (Å²) < 4.78 is 0. The van der Waals surface area contributed by atoms with E-state index >= 15 is 0 Å². The van der Waals surface area contributed by atoms with Crippen molar-refractivity contribution in [2.45, 2.75) is 40.5 Å². The molecule has 0 fully saturated rings. The van der Waals surface area contributed by atoms with Gasteiger partial charge >= 0.3 is 0 Å². The Labute approximate surface area is 110 Å². The van der Waals surface area contributed by atoms with Gasteiger partial charge in [-0.15, -0.1) is 0 Å². The quantitative estimate of drug-likeness (QED) is 0.743. The van der Waals surface area contributed by atoms with Gasteiger partial charge in [0.2, 0.25) is 0 Å². The van der Waals surface area contributed by atoms with Gasteiger partial charge in [0.15, 0.2) is 0 Å². The number of allylic oxidation sites excluding steroid dienone is 8. The SMILES string of the molecule is CC1(C)CC(C2=CC=C(N)C(C)(C)C2)=CC=C1N. The Hall–Kier alpha value is -1.44. The maximum Gasteiger partial charge on any atom is 0.0141 e. The topological polar surface area (TPSA) is 52.0 Å². The molecule has 0 unspecified atom stereocenters. The molecule has 0 aromatic rings. The lowest BCUT2D eigenvalue weighted by Crippen LogP contribution is -2.27. The zero-order valence-corrected chi connectivity index (χ0v) is 11.9. The molecule has 0 aromatic heterocycles. The average molecular weight is 244 g/mol. The van der Waals surface area contributed by atoms with Crippen LogP contribution in [0.5, 0.6) is 0 Å². The number of nitrogens with two attached hydrogens (primary N) is 2. The molecule has 18 heavy (non-hydrogen) atoms. The molecule has 2 rings (SSSR count). The molecule has 2 heteroatoms. The van der Waals surface area contributed by atoms with Crippen molar-refractivity contribution in [1.29, 1.82) is 0 Å². The Kier molecular flexibility index (Phi) is 2.92. The molecule has 0 atom stereocenters. The van der Waals surface area contributed by atoms with Crippen molar-refractivity contribution in [3.05, 3.63) is 46.8 Å². The first-order valence-electron chi connectivity index (χ1n) is 6.56. The minimum atomic E-state index is 0.0573. The Morgan fingerprint density at radius 2 is 1.06 bits per heavy atom. The predicted molar refractivity (Wildman–Crippen MR) is 77.5 cm³/mol. The first-order valence-corrected chi connectivity index (χ1v) is 6.56. The van der Waals surface area contributed by atoms with Gasteiger partial charge in [-0.3, -0.25) is 0 Å². The molecular formula is C16H24N2. The normalized spacial score (nSPS) is 25.8. The van der Waals surface area contributed by atoms with Gasteiger partial charge < -0.3 is 11.5 Å². The highest BCUT2D eigenvalue weighted by atomic mass is 14.6. The van der Waals surface area contributed by atoms with Gasteiger partial charge in [-0.25, -0.2) is 0 Å². The Morgan fingerprint density at radius 3 is 1.33 bits per heavy atom. The Morgan fingerprint density at radius 1 is 0.722 bits per heavy atom. The highest BCUT2D eigenvalue weighted by Crippen LogP contribution is 2.42. The number of hydrogen-bond acceptors (Lipinski definition) is 2. The van der Waals surface area contributed by atoms with Crippen molar-refractivity contribution in [3.8, 4) is 0 Å². The fraction of sp³-hybridized carbons (Fsp3) is 0.500. The zero-order valence-electron chi connectivity index (χ0n) is 11.9. The molecule has 0 aliphatic heterocycles. The number of rotatable bonds is 1. The van der Waals surface area contributed by atoms with Crippen LogP contribution >= 0.6 is 0 Å².